The second-order valence-electron chi connectivity index (χ2n) is 31.7. The number of hydrogen-bond donors (Lipinski definition) is 2. The van der Waals surface area contributed by atoms with Crippen molar-refractivity contribution in [2.24, 2.45) is 95.2 Å². The van der Waals surface area contributed by atoms with Crippen LogP contribution >= 0.6 is 23.5 Å². The Bertz CT molecular complexity index is 3430. The first-order chi connectivity index (χ1) is 46.6. The summed E-state index contributed by atoms with van der Waals surface area (Å²) in [6.07, 6.45) is 1.17. The van der Waals surface area contributed by atoms with E-state index in [1.54, 1.807) is 30.4 Å². The standard InChI is InChI=1S/C37H50F3N3O6S.C35H49N5O8S/c1-22-10-14-35-15-11-27(44)30(35)34(22,4)28(49-29(45)20-50-19-24-12-16-43(5)17-13-24)18-33(3,31(46)23(35)2)21-48-32(47)25-6-8-26(9-7-25)36(41-42-36)37(38,39)40;1-21-6-10-35-11-7-27(41)30(35)34(21,4)28(48-29(42)20-49-19-23-8-12-39(5)13-9-23)17-33(3,31(43)22(35)2)32(44)47-18-24-14-25(37-38-36)16-26(15-24)40(45)46/h6-9,22-24,28,30-31,46H,10-21H2,1-5H3;14-16,21-23,28,30-31,43H,6-13,17-20H2,1-5H3/t22-,23+,28-,30+,31+,33+,34+,35+;21-,22+,28-,30+,31+,33-,34+,35+/m11/s1. The number of hydrogen-bond acceptors (Lipinski definition) is 21. The number of rotatable bonds is 19. The Kier molecular flexibility index (Phi) is 22.7. The van der Waals surface area contributed by atoms with Gasteiger partial charge in [-0.3, -0.25) is 34.1 Å². The van der Waals surface area contributed by atoms with Gasteiger partial charge < -0.3 is 39.0 Å². The molecule has 2 saturated heterocycles. The van der Waals surface area contributed by atoms with Gasteiger partial charge in [-0.05, 0) is 205 Å². The summed E-state index contributed by atoms with van der Waals surface area (Å²) in [7, 11) is 4.23. The summed E-state index contributed by atoms with van der Waals surface area (Å²) in [5.41, 5.74) is 0.920. The maximum atomic E-state index is 14.2. The van der Waals surface area contributed by atoms with Crippen molar-refractivity contribution in [3.8, 4) is 0 Å². The largest absolute Gasteiger partial charge is 0.461 e. The van der Waals surface area contributed by atoms with Crippen molar-refractivity contribution in [2.75, 3.05) is 69.9 Å². The van der Waals surface area contributed by atoms with Crippen LogP contribution in [0.15, 0.2) is 57.8 Å². The van der Waals surface area contributed by atoms with E-state index in [0.29, 0.717) is 43.9 Å². The van der Waals surface area contributed by atoms with Crippen molar-refractivity contribution in [1.82, 2.24) is 9.80 Å². The molecule has 3 heterocycles. The van der Waals surface area contributed by atoms with Gasteiger partial charge in [0.15, 0.2) is 0 Å². The van der Waals surface area contributed by atoms with E-state index in [1.807, 2.05) is 27.7 Å². The lowest BCUT2D eigenvalue weighted by Gasteiger charge is -2.62. The Morgan fingerprint density at radius 3 is 1.67 bits per heavy atom. The van der Waals surface area contributed by atoms with Crippen molar-refractivity contribution < 1.29 is 76.0 Å². The van der Waals surface area contributed by atoms with Gasteiger partial charge in [0.25, 0.3) is 5.69 Å². The highest BCUT2D eigenvalue weighted by Gasteiger charge is 2.71. The number of ether oxygens (including phenoxy) is 4. The molecule has 6 saturated carbocycles. The number of halogens is 3. The van der Waals surface area contributed by atoms with Gasteiger partial charge in [0.05, 0.1) is 46.2 Å². The van der Waals surface area contributed by atoms with Gasteiger partial charge in [-0.15, -0.1) is 33.8 Å². The second-order valence-corrected chi connectivity index (χ2v) is 33.8. The van der Waals surface area contributed by atoms with E-state index < -0.39 is 103 Å². The van der Waals surface area contributed by atoms with E-state index in [4.69, 9.17) is 24.5 Å². The predicted molar refractivity (Wildman–Crippen MR) is 365 cm³/mol. The molecular weight excluding hydrogens is 1320 g/mol. The number of nitrogens with zero attached hydrogens (tertiary/aromatic N) is 8. The number of aliphatic hydroxyl groups is 2. The normalized spacial score (nSPS) is 36.0. The highest BCUT2D eigenvalue weighted by Crippen LogP contribution is 2.70. The number of carbonyl (C=O) groups excluding carboxylic acids is 6. The SMILES string of the molecule is C[C@@H]1CC[C@@]23CCC(=O)[C@H]2[C@]1(C)[C@H](OC(=O)CSCC1CCN(C)CC1)C[C@@](C)(C(=O)OCc1cc(N=[N+]=[N-])cc([N+](=O)[O-])c1)[C@@H](O)[C@@H]3C.C[C@@H]1CC[C@@]23CCC(=O)[C@H]2[C@]1(C)[C@H](OC(=O)CSCC1CCN(C)CC1)C[C@@](C)(COC(=O)c1ccc(C2(C(F)(F)F)N=N2)cc1)[C@@H](O)[C@@H]3C. The van der Waals surface area contributed by atoms with Crippen LogP contribution < -0.4 is 0 Å². The molecule has 99 heavy (non-hydrogen) atoms. The minimum absolute atomic E-state index is 0.0000192. The number of non-ortho nitro benzene ring substituents is 1. The molecule has 6 aliphatic carbocycles. The summed E-state index contributed by atoms with van der Waals surface area (Å²) in [5, 5.41) is 45.7. The predicted octanol–water partition coefficient (Wildman–Crippen LogP) is 13.2. The number of esters is 4. The van der Waals surface area contributed by atoms with Crippen molar-refractivity contribution >= 4 is 70.3 Å². The van der Waals surface area contributed by atoms with E-state index in [9.17, 15) is 62.3 Å². The van der Waals surface area contributed by atoms with Gasteiger partial charge in [0.2, 0.25) is 0 Å². The van der Waals surface area contributed by atoms with Gasteiger partial charge in [0.1, 0.15) is 30.4 Å². The number of likely N-dealkylation sites (tertiary alicyclic amines) is 2. The van der Waals surface area contributed by atoms with Crippen LogP contribution in [0, 0.1) is 89.9 Å². The van der Waals surface area contributed by atoms with E-state index in [2.05, 4.69) is 64.9 Å². The number of nitro benzene ring substituents is 1. The summed E-state index contributed by atoms with van der Waals surface area (Å²) >= 11 is 3.13. The number of aliphatic hydroxyl groups excluding tert-OH is 2. The first-order valence-corrected chi connectivity index (χ1v) is 37.6. The zero-order valence-corrected chi connectivity index (χ0v) is 60.4. The molecule has 22 nitrogen and oxygen atoms in total. The Morgan fingerprint density at radius 2 is 1.20 bits per heavy atom. The van der Waals surface area contributed by atoms with Crippen LogP contribution in [0.5, 0.6) is 0 Å². The van der Waals surface area contributed by atoms with Gasteiger partial charge >= 0.3 is 35.7 Å². The topological polar surface area (TPSA) is 303 Å². The van der Waals surface area contributed by atoms with Crippen LogP contribution in [-0.4, -0.2) is 161 Å². The molecule has 2 N–H and O–H groups in total. The number of azide groups is 1. The summed E-state index contributed by atoms with van der Waals surface area (Å²) in [6.45, 7) is 19.3. The molecule has 0 radical (unpaired) electrons. The fourth-order valence-corrected chi connectivity index (χ4v) is 21.3. The molecule has 9 aliphatic rings. The molecular formula is C72H99F3N8O14S2. The quantitative estimate of drug-likeness (QED) is 0.0251. The summed E-state index contributed by atoms with van der Waals surface area (Å²) in [6, 6.07) is 8.59. The zero-order valence-electron chi connectivity index (χ0n) is 58.8. The smallest absolute Gasteiger partial charge is 0.442 e. The Hall–Kier alpha value is -5.70. The summed E-state index contributed by atoms with van der Waals surface area (Å²) < 4.78 is 64.8. The highest BCUT2D eigenvalue weighted by molar-refractivity contribution is 8.00. The lowest BCUT2D eigenvalue weighted by atomic mass is 9.44. The monoisotopic (exact) mass is 1420 g/mol. The molecule has 16 atom stereocenters. The third-order valence-electron chi connectivity index (χ3n) is 26.0. The molecule has 0 unspecified atom stereocenters. The first-order valence-electron chi connectivity index (χ1n) is 35.2. The van der Waals surface area contributed by atoms with Crippen LogP contribution in [-0.2, 0) is 55.2 Å². The van der Waals surface area contributed by atoms with E-state index in [-0.39, 0.29) is 107 Å². The van der Waals surface area contributed by atoms with Crippen LogP contribution in [0.3, 0.4) is 0 Å². The first kappa shape index (κ1) is 76.0. The van der Waals surface area contributed by atoms with Gasteiger partial charge in [-0.25, -0.2) is 4.79 Å². The molecule has 0 spiro atoms. The van der Waals surface area contributed by atoms with Gasteiger partial charge in [-0.2, -0.15) is 13.2 Å². The average molecular weight is 1420 g/mol. The number of piperidine rings is 2. The molecule has 11 rings (SSSR count). The molecule has 27 heteroatoms. The van der Waals surface area contributed by atoms with Crippen molar-refractivity contribution in [1.29, 1.82) is 0 Å². The highest BCUT2D eigenvalue weighted by atomic mass is 32.2. The fourth-order valence-electron chi connectivity index (χ4n) is 19.3. The zero-order chi connectivity index (χ0) is 72.0. The van der Waals surface area contributed by atoms with E-state index in [1.165, 1.54) is 36.4 Å². The summed E-state index contributed by atoms with van der Waals surface area (Å²) in [4.78, 5) is 100. The lowest BCUT2D eigenvalue weighted by Crippen LogP contribution is -2.64. The van der Waals surface area contributed by atoms with Crippen molar-refractivity contribution in [3.05, 3.63) is 79.7 Å². The average Bonchev–Trinajstić information content (AvgIpc) is 1.67. The minimum atomic E-state index is -4.69. The van der Waals surface area contributed by atoms with Gasteiger partial charge in [0, 0.05) is 75.6 Å². The molecule has 8 fully saturated rings. The fraction of sp³-hybridized carbons (Fsp3) is 0.750. The number of benzene rings is 2. The van der Waals surface area contributed by atoms with Crippen LogP contribution in [0.1, 0.15) is 167 Å². The number of nitro groups is 1. The maximum Gasteiger partial charge on any atom is 0.442 e. The van der Waals surface area contributed by atoms with Crippen LogP contribution in [0.4, 0.5) is 24.5 Å². The molecule has 2 aromatic carbocycles. The maximum absolute atomic E-state index is 14.2. The van der Waals surface area contributed by atoms with Crippen LogP contribution in [0.2, 0.25) is 0 Å². The third-order valence-corrected chi connectivity index (χ3v) is 28.3. The number of alkyl halides is 3. The lowest BCUT2D eigenvalue weighted by molar-refractivity contribution is -0.384. The van der Waals surface area contributed by atoms with Crippen molar-refractivity contribution in [2.45, 2.75) is 188 Å². The number of thioether (sulfide) groups is 2. The summed E-state index contributed by atoms with van der Waals surface area (Å²) in [5.74, 6) is -0.300. The number of ketones is 2. The minimum Gasteiger partial charge on any atom is -0.461 e. The Labute approximate surface area is 586 Å². The van der Waals surface area contributed by atoms with Crippen LogP contribution in [0.25, 0.3) is 10.4 Å². The molecule has 0 aromatic heterocycles. The Morgan fingerprint density at radius 1 is 0.717 bits per heavy atom. The number of carbonyl (C=O) groups is 6. The van der Waals surface area contributed by atoms with E-state index >= 15 is 0 Å². The molecule has 4 bridgehead atoms. The molecule has 2 aromatic rings. The Balaban J connectivity index is 0.000000214. The molecule has 0 amide bonds. The number of Topliss-reactive ketones (excluding diaryl/α,β-unsaturated/α-hetero) is 2. The molecule has 3 aliphatic heterocycles. The molecule has 544 valence electrons. The third kappa shape index (κ3) is 14.7. The van der Waals surface area contributed by atoms with Crippen molar-refractivity contribution in [3.63, 3.8) is 0 Å². The van der Waals surface area contributed by atoms with E-state index in [0.717, 1.165) is 88.7 Å². The second kappa shape index (κ2) is 29.6. The van der Waals surface area contributed by atoms with Gasteiger partial charge in [-0.1, -0.05) is 65.7 Å².